The summed E-state index contributed by atoms with van der Waals surface area (Å²) in [6.07, 6.45) is 8.45. The molecule has 1 aromatic rings. The smallest absolute Gasteiger partial charge is 0.193 e. The second-order valence-electron chi connectivity index (χ2n) is 6.08. The summed E-state index contributed by atoms with van der Waals surface area (Å²) in [6, 6.07) is 0.646. The van der Waals surface area contributed by atoms with E-state index in [9.17, 15) is 0 Å². The fourth-order valence-corrected chi connectivity index (χ4v) is 3.38. The fraction of sp³-hybridized carbons (Fsp3) is 0.688. The molecule has 2 aliphatic rings. The molecule has 3 rings (SSSR count). The quantitative estimate of drug-likeness (QED) is 0.483. The molecule has 126 valence electrons. The third-order valence-corrected chi connectivity index (χ3v) is 4.69. The van der Waals surface area contributed by atoms with E-state index in [0.29, 0.717) is 6.04 Å². The van der Waals surface area contributed by atoms with Crippen LogP contribution in [0, 0.1) is 0 Å². The predicted molar refractivity (Wildman–Crippen MR) is 91.5 cm³/mol. The van der Waals surface area contributed by atoms with Gasteiger partial charge < -0.3 is 14.8 Å². The molecule has 0 radical (unpaired) electrons. The van der Waals surface area contributed by atoms with Crippen LogP contribution in [0.3, 0.4) is 0 Å². The lowest BCUT2D eigenvalue weighted by molar-refractivity contribution is 0.259. The van der Waals surface area contributed by atoms with Crippen molar-refractivity contribution in [1.82, 2.24) is 29.9 Å². The van der Waals surface area contributed by atoms with E-state index in [2.05, 4.69) is 53.9 Å². The first kappa shape index (κ1) is 16.0. The Morgan fingerprint density at radius 2 is 2.22 bits per heavy atom. The molecular weight excluding hydrogens is 290 g/mol. The Kier molecular flexibility index (Phi) is 5.27. The average Bonchev–Trinajstić information content (AvgIpc) is 3.32. The van der Waals surface area contributed by atoms with Crippen LogP contribution in [0.1, 0.15) is 19.2 Å². The van der Waals surface area contributed by atoms with E-state index in [0.717, 1.165) is 57.5 Å². The molecule has 1 saturated heterocycles. The summed E-state index contributed by atoms with van der Waals surface area (Å²) < 4.78 is 2.10. The van der Waals surface area contributed by atoms with Crippen molar-refractivity contribution >= 4 is 5.96 Å². The molecule has 0 bridgehead atoms. The summed E-state index contributed by atoms with van der Waals surface area (Å²) in [6.45, 7) is 8.13. The van der Waals surface area contributed by atoms with Gasteiger partial charge >= 0.3 is 0 Å². The molecule has 0 saturated carbocycles. The maximum Gasteiger partial charge on any atom is 0.193 e. The Balaban J connectivity index is 1.47. The van der Waals surface area contributed by atoms with Crippen molar-refractivity contribution in [3.8, 4) is 0 Å². The minimum absolute atomic E-state index is 0.646. The lowest BCUT2D eigenvalue weighted by atomic mass is 10.2. The Bertz CT molecular complexity index is 555. The number of nitrogens with one attached hydrogen (secondary N) is 1. The van der Waals surface area contributed by atoms with Crippen molar-refractivity contribution in [1.29, 1.82) is 0 Å². The SMILES string of the molecule is CCc1nncn1CCNC(=NC)N1CCC(N2CC=CC2)C1. The van der Waals surface area contributed by atoms with Crippen molar-refractivity contribution in [2.75, 3.05) is 39.8 Å². The molecular formula is C16H27N7. The predicted octanol–water partition coefficient (Wildman–Crippen LogP) is 0.362. The zero-order chi connectivity index (χ0) is 16.1. The molecule has 3 heterocycles. The molecule has 0 amide bonds. The van der Waals surface area contributed by atoms with Crippen LogP contribution < -0.4 is 5.32 Å². The highest BCUT2D eigenvalue weighted by atomic mass is 15.3. The molecule has 23 heavy (non-hydrogen) atoms. The van der Waals surface area contributed by atoms with Gasteiger partial charge in [0.15, 0.2) is 5.96 Å². The van der Waals surface area contributed by atoms with Crippen molar-refractivity contribution in [2.45, 2.75) is 32.4 Å². The van der Waals surface area contributed by atoms with E-state index in [1.807, 2.05) is 7.05 Å². The molecule has 0 aromatic carbocycles. The highest BCUT2D eigenvalue weighted by molar-refractivity contribution is 5.80. The minimum atomic E-state index is 0.646. The fourth-order valence-electron chi connectivity index (χ4n) is 3.38. The van der Waals surface area contributed by atoms with Crippen LogP contribution in [-0.4, -0.2) is 76.3 Å². The number of hydrogen-bond acceptors (Lipinski definition) is 4. The van der Waals surface area contributed by atoms with Crippen LogP contribution in [0.25, 0.3) is 0 Å². The van der Waals surface area contributed by atoms with E-state index in [-0.39, 0.29) is 0 Å². The maximum atomic E-state index is 4.45. The van der Waals surface area contributed by atoms with Gasteiger partial charge in [0.2, 0.25) is 0 Å². The third-order valence-electron chi connectivity index (χ3n) is 4.69. The van der Waals surface area contributed by atoms with E-state index in [4.69, 9.17) is 0 Å². The lowest BCUT2D eigenvalue weighted by Gasteiger charge is -2.25. The standard InChI is InChI=1S/C16H27N7/c1-3-15-20-19-13-23(15)11-7-18-16(17-2)22-10-6-14(12-22)21-8-4-5-9-21/h4-5,13-14H,3,6-12H2,1-2H3,(H,17,18). The topological polar surface area (TPSA) is 61.6 Å². The van der Waals surface area contributed by atoms with Crippen LogP contribution in [0.2, 0.25) is 0 Å². The van der Waals surface area contributed by atoms with Gasteiger partial charge in [0.1, 0.15) is 12.2 Å². The van der Waals surface area contributed by atoms with Gasteiger partial charge in [0.25, 0.3) is 0 Å². The van der Waals surface area contributed by atoms with E-state index < -0.39 is 0 Å². The molecule has 1 N–H and O–H groups in total. The zero-order valence-corrected chi connectivity index (χ0v) is 14.1. The normalized spacial score (nSPS) is 22.3. The van der Waals surface area contributed by atoms with Gasteiger partial charge in [-0.2, -0.15) is 0 Å². The number of likely N-dealkylation sites (tertiary alicyclic amines) is 1. The molecule has 7 nitrogen and oxygen atoms in total. The Morgan fingerprint density at radius 3 is 2.96 bits per heavy atom. The second-order valence-corrected chi connectivity index (χ2v) is 6.08. The third kappa shape index (κ3) is 3.72. The van der Waals surface area contributed by atoms with Crippen molar-refractivity contribution < 1.29 is 0 Å². The average molecular weight is 317 g/mol. The van der Waals surface area contributed by atoms with Crippen molar-refractivity contribution in [3.63, 3.8) is 0 Å². The molecule has 1 aromatic heterocycles. The summed E-state index contributed by atoms with van der Waals surface area (Å²) in [4.78, 5) is 9.36. The number of rotatable bonds is 5. The number of guanidine groups is 1. The highest BCUT2D eigenvalue weighted by Gasteiger charge is 2.29. The Morgan fingerprint density at radius 1 is 1.39 bits per heavy atom. The van der Waals surface area contributed by atoms with Gasteiger partial charge in [0.05, 0.1) is 0 Å². The van der Waals surface area contributed by atoms with Crippen LogP contribution in [0.15, 0.2) is 23.5 Å². The Labute approximate surface area is 138 Å². The van der Waals surface area contributed by atoms with Crippen LogP contribution >= 0.6 is 0 Å². The Hall–Kier alpha value is -1.89. The largest absolute Gasteiger partial charge is 0.354 e. The zero-order valence-electron chi connectivity index (χ0n) is 14.1. The van der Waals surface area contributed by atoms with Gasteiger partial charge in [-0.1, -0.05) is 19.1 Å². The van der Waals surface area contributed by atoms with Gasteiger partial charge in [-0.3, -0.25) is 9.89 Å². The van der Waals surface area contributed by atoms with Gasteiger partial charge in [-0.15, -0.1) is 10.2 Å². The highest BCUT2D eigenvalue weighted by Crippen LogP contribution is 2.17. The minimum Gasteiger partial charge on any atom is -0.354 e. The first-order chi connectivity index (χ1) is 11.3. The summed E-state index contributed by atoms with van der Waals surface area (Å²) >= 11 is 0. The molecule has 1 atom stereocenters. The first-order valence-corrected chi connectivity index (χ1v) is 8.53. The summed E-state index contributed by atoms with van der Waals surface area (Å²) in [5.41, 5.74) is 0. The van der Waals surface area contributed by atoms with Crippen LogP contribution in [0.4, 0.5) is 0 Å². The van der Waals surface area contributed by atoms with E-state index in [1.165, 1.54) is 6.42 Å². The summed E-state index contributed by atoms with van der Waals surface area (Å²) in [5.74, 6) is 2.04. The van der Waals surface area contributed by atoms with Gasteiger partial charge in [0, 0.05) is 58.8 Å². The number of aliphatic imine (C=N–C) groups is 1. The monoisotopic (exact) mass is 317 g/mol. The summed E-state index contributed by atoms with van der Waals surface area (Å²) in [5, 5.41) is 11.6. The molecule has 7 heteroatoms. The molecule has 0 aliphatic carbocycles. The van der Waals surface area contributed by atoms with Crippen LogP contribution in [-0.2, 0) is 13.0 Å². The lowest BCUT2D eigenvalue weighted by Crippen LogP contribution is -2.43. The first-order valence-electron chi connectivity index (χ1n) is 8.53. The number of aromatic nitrogens is 3. The molecule has 1 unspecified atom stereocenters. The number of nitrogens with zero attached hydrogens (tertiary/aromatic N) is 6. The van der Waals surface area contributed by atoms with E-state index >= 15 is 0 Å². The molecule has 0 spiro atoms. The number of hydrogen-bond donors (Lipinski definition) is 1. The van der Waals surface area contributed by atoms with Crippen LogP contribution in [0.5, 0.6) is 0 Å². The molecule has 1 fully saturated rings. The maximum absolute atomic E-state index is 4.45. The van der Waals surface area contributed by atoms with Crippen molar-refractivity contribution in [2.24, 2.45) is 4.99 Å². The van der Waals surface area contributed by atoms with E-state index in [1.54, 1.807) is 6.33 Å². The van der Waals surface area contributed by atoms with Crippen molar-refractivity contribution in [3.05, 3.63) is 24.3 Å². The molecule has 2 aliphatic heterocycles. The summed E-state index contributed by atoms with van der Waals surface area (Å²) in [7, 11) is 1.86. The van der Waals surface area contributed by atoms with Gasteiger partial charge in [-0.05, 0) is 6.42 Å². The second kappa shape index (κ2) is 7.59. The van der Waals surface area contributed by atoms with Gasteiger partial charge in [-0.25, -0.2) is 0 Å². The number of aryl methyl sites for hydroxylation is 1.